The Balaban J connectivity index is 0.000000406. The maximum absolute atomic E-state index is 12.7. The van der Waals surface area contributed by atoms with Crippen molar-refractivity contribution in [1.29, 1.82) is 0 Å². The summed E-state index contributed by atoms with van der Waals surface area (Å²) >= 11 is 0. The molecule has 11 heteroatoms. The number of halogens is 3. The van der Waals surface area contributed by atoms with Crippen molar-refractivity contribution in [2.45, 2.75) is 26.1 Å². The van der Waals surface area contributed by atoms with Crippen LogP contribution < -0.4 is 10.6 Å². The monoisotopic (exact) mass is 475 g/mol. The first-order valence-electron chi connectivity index (χ1n) is 10.5. The summed E-state index contributed by atoms with van der Waals surface area (Å²) < 4.78 is 33.7. The highest BCUT2D eigenvalue weighted by atomic mass is 19.4. The molecule has 4 rings (SSSR count). The minimum Gasteiger partial charge on any atom is -0.475 e. The van der Waals surface area contributed by atoms with E-state index in [4.69, 9.17) is 9.90 Å². The van der Waals surface area contributed by atoms with E-state index in [-0.39, 0.29) is 5.91 Å². The molecular formula is C23H24F3N5O3. The number of rotatable bonds is 4. The zero-order valence-electron chi connectivity index (χ0n) is 18.5. The second-order valence-corrected chi connectivity index (χ2v) is 7.94. The number of aryl methyl sites for hydroxylation is 1. The van der Waals surface area contributed by atoms with Crippen molar-refractivity contribution in [3.63, 3.8) is 0 Å². The van der Waals surface area contributed by atoms with E-state index in [1.54, 1.807) is 0 Å². The van der Waals surface area contributed by atoms with Gasteiger partial charge in [-0.25, -0.2) is 9.48 Å². The number of amides is 1. The molecule has 2 heterocycles. The fraction of sp³-hybridized carbons (Fsp3) is 0.304. The van der Waals surface area contributed by atoms with Gasteiger partial charge in [-0.2, -0.15) is 13.2 Å². The maximum atomic E-state index is 12.7. The number of anilines is 1. The third-order valence-corrected chi connectivity index (χ3v) is 5.38. The molecular weight excluding hydrogens is 451 g/mol. The summed E-state index contributed by atoms with van der Waals surface area (Å²) in [5, 5.41) is 22.1. The Morgan fingerprint density at radius 1 is 1.15 bits per heavy atom. The van der Waals surface area contributed by atoms with Crippen LogP contribution in [0.5, 0.6) is 0 Å². The Labute approximate surface area is 193 Å². The quantitative estimate of drug-likeness (QED) is 0.528. The largest absolute Gasteiger partial charge is 0.490 e. The van der Waals surface area contributed by atoms with Gasteiger partial charge >= 0.3 is 12.1 Å². The van der Waals surface area contributed by atoms with Gasteiger partial charge in [0.1, 0.15) is 5.69 Å². The van der Waals surface area contributed by atoms with Crippen molar-refractivity contribution < 1.29 is 27.9 Å². The lowest BCUT2D eigenvalue weighted by Crippen LogP contribution is -2.21. The SMILES string of the molecule is Cc1ccc(-c2cn([C@H]3CNC[C@H]3C)nn2)cc1C(=O)Nc1ccccc1.O=C(O)C(F)(F)F. The molecule has 0 aliphatic carbocycles. The van der Waals surface area contributed by atoms with Gasteiger partial charge in [0.05, 0.1) is 12.2 Å². The topological polar surface area (TPSA) is 109 Å². The van der Waals surface area contributed by atoms with Crippen LogP contribution >= 0.6 is 0 Å². The molecule has 0 bridgehead atoms. The van der Waals surface area contributed by atoms with E-state index in [1.807, 2.05) is 66.3 Å². The minimum atomic E-state index is -5.08. The number of hydrogen-bond acceptors (Lipinski definition) is 5. The summed E-state index contributed by atoms with van der Waals surface area (Å²) in [7, 11) is 0. The predicted molar refractivity (Wildman–Crippen MR) is 119 cm³/mol. The highest BCUT2D eigenvalue weighted by Gasteiger charge is 2.38. The van der Waals surface area contributed by atoms with E-state index in [0.717, 1.165) is 35.6 Å². The number of para-hydroxylation sites is 1. The molecule has 1 aliphatic rings. The molecule has 1 amide bonds. The predicted octanol–water partition coefficient (Wildman–Crippen LogP) is 3.92. The second-order valence-electron chi connectivity index (χ2n) is 7.94. The van der Waals surface area contributed by atoms with Crippen LogP contribution in [0, 0.1) is 12.8 Å². The van der Waals surface area contributed by atoms with Crippen LogP contribution in [-0.2, 0) is 4.79 Å². The lowest BCUT2D eigenvalue weighted by molar-refractivity contribution is -0.192. The normalized spacial score (nSPS) is 17.6. The summed E-state index contributed by atoms with van der Waals surface area (Å²) in [6, 6.07) is 15.6. The zero-order valence-corrected chi connectivity index (χ0v) is 18.5. The van der Waals surface area contributed by atoms with Crippen molar-refractivity contribution in [2.75, 3.05) is 18.4 Å². The first kappa shape index (κ1) is 24.9. The fourth-order valence-corrected chi connectivity index (χ4v) is 3.47. The number of nitrogens with zero attached hydrogens (tertiary/aromatic N) is 3. The average Bonchev–Trinajstić information content (AvgIpc) is 3.43. The van der Waals surface area contributed by atoms with Crippen LogP contribution in [0.4, 0.5) is 18.9 Å². The summed E-state index contributed by atoms with van der Waals surface area (Å²) in [4.78, 5) is 21.6. The van der Waals surface area contributed by atoms with Crippen LogP contribution in [-0.4, -0.2) is 51.2 Å². The molecule has 3 aromatic rings. The van der Waals surface area contributed by atoms with Crippen LogP contribution in [0.1, 0.15) is 28.9 Å². The number of carbonyl (C=O) groups is 2. The number of hydrogen-bond donors (Lipinski definition) is 3. The van der Waals surface area contributed by atoms with Gasteiger partial charge in [0.2, 0.25) is 0 Å². The molecule has 34 heavy (non-hydrogen) atoms. The number of carboxylic acid groups (broad SMARTS) is 1. The van der Waals surface area contributed by atoms with Gasteiger partial charge in [-0.05, 0) is 43.1 Å². The van der Waals surface area contributed by atoms with Gasteiger partial charge in [0, 0.05) is 23.4 Å². The van der Waals surface area contributed by atoms with Gasteiger partial charge in [-0.1, -0.05) is 42.5 Å². The molecule has 0 unspecified atom stereocenters. The van der Waals surface area contributed by atoms with E-state index >= 15 is 0 Å². The van der Waals surface area contributed by atoms with E-state index in [0.29, 0.717) is 17.5 Å². The molecule has 3 N–H and O–H groups in total. The molecule has 0 saturated carbocycles. The standard InChI is InChI=1S/C21H23N5O.C2HF3O2/c1-14-8-9-16(10-18(14)21(27)23-17-6-4-3-5-7-17)19-13-26(25-24-19)20-12-22-11-15(20)2;3-2(4,5)1(6)7/h3-10,13,15,20,22H,11-12H2,1-2H3,(H,23,27);(H,6,7)/t15-,20+;/m1./s1. The first-order chi connectivity index (χ1) is 16.1. The molecule has 2 aromatic carbocycles. The van der Waals surface area contributed by atoms with Crippen LogP contribution in [0.15, 0.2) is 54.7 Å². The molecule has 1 saturated heterocycles. The average molecular weight is 475 g/mol. The van der Waals surface area contributed by atoms with Gasteiger partial charge in [-0.15, -0.1) is 5.10 Å². The molecule has 2 atom stereocenters. The summed E-state index contributed by atoms with van der Waals surface area (Å²) in [6.07, 6.45) is -3.11. The third kappa shape index (κ3) is 6.19. The van der Waals surface area contributed by atoms with Crippen molar-refractivity contribution in [1.82, 2.24) is 20.3 Å². The van der Waals surface area contributed by atoms with Gasteiger partial charge in [0.25, 0.3) is 5.91 Å². The molecule has 1 aliphatic heterocycles. The van der Waals surface area contributed by atoms with Crippen molar-refractivity contribution in [2.24, 2.45) is 5.92 Å². The molecule has 1 aromatic heterocycles. The number of alkyl halides is 3. The number of aromatic nitrogens is 3. The molecule has 0 spiro atoms. The van der Waals surface area contributed by atoms with Crippen molar-refractivity contribution in [3.8, 4) is 11.3 Å². The Hall–Kier alpha value is -3.73. The summed E-state index contributed by atoms with van der Waals surface area (Å²) in [5.74, 6) is -2.36. The van der Waals surface area contributed by atoms with Crippen LogP contribution in [0.25, 0.3) is 11.3 Å². The van der Waals surface area contributed by atoms with Gasteiger partial charge in [-0.3, -0.25) is 4.79 Å². The fourth-order valence-electron chi connectivity index (χ4n) is 3.47. The Morgan fingerprint density at radius 3 is 2.41 bits per heavy atom. The molecule has 0 radical (unpaired) electrons. The number of aliphatic carboxylic acids is 1. The Bertz CT molecular complexity index is 1150. The minimum absolute atomic E-state index is 0.124. The van der Waals surface area contributed by atoms with Crippen molar-refractivity contribution >= 4 is 17.6 Å². The van der Waals surface area contributed by atoms with Gasteiger partial charge < -0.3 is 15.7 Å². The number of carbonyl (C=O) groups excluding carboxylic acids is 1. The molecule has 1 fully saturated rings. The lowest BCUT2D eigenvalue weighted by Gasteiger charge is -2.13. The Morgan fingerprint density at radius 2 is 1.82 bits per heavy atom. The van der Waals surface area contributed by atoms with E-state index in [2.05, 4.69) is 27.9 Å². The van der Waals surface area contributed by atoms with Crippen LogP contribution in [0.3, 0.4) is 0 Å². The van der Waals surface area contributed by atoms with E-state index in [9.17, 15) is 18.0 Å². The van der Waals surface area contributed by atoms with Crippen LogP contribution in [0.2, 0.25) is 0 Å². The van der Waals surface area contributed by atoms with E-state index in [1.165, 1.54) is 0 Å². The lowest BCUT2D eigenvalue weighted by atomic mass is 10.0. The Kier molecular flexibility index (Phi) is 7.67. The highest BCUT2D eigenvalue weighted by Crippen LogP contribution is 2.25. The highest BCUT2D eigenvalue weighted by molar-refractivity contribution is 6.05. The first-order valence-corrected chi connectivity index (χ1v) is 10.5. The second kappa shape index (κ2) is 10.5. The molecule has 8 nitrogen and oxygen atoms in total. The molecule has 180 valence electrons. The van der Waals surface area contributed by atoms with Crippen molar-refractivity contribution in [3.05, 3.63) is 65.9 Å². The number of benzene rings is 2. The number of carboxylic acids is 1. The zero-order chi connectivity index (χ0) is 24.9. The summed E-state index contributed by atoms with van der Waals surface area (Å²) in [6.45, 7) is 6.05. The smallest absolute Gasteiger partial charge is 0.475 e. The number of nitrogens with one attached hydrogen (secondary N) is 2. The summed E-state index contributed by atoms with van der Waals surface area (Å²) in [5.41, 5.74) is 4.02. The van der Waals surface area contributed by atoms with Gasteiger partial charge in [0.15, 0.2) is 0 Å². The maximum Gasteiger partial charge on any atom is 0.490 e. The van der Waals surface area contributed by atoms with E-state index < -0.39 is 12.1 Å². The third-order valence-electron chi connectivity index (χ3n) is 5.38.